The van der Waals surface area contributed by atoms with Crippen LogP contribution in [0.4, 0.5) is 4.39 Å². The molecule has 4 nitrogen and oxygen atoms in total. The van der Waals surface area contributed by atoms with Crippen molar-refractivity contribution in [3.63, 3.8) is 0 Å². The molecule has 2 N–H and O–H groups in total. The summed E-state index contributed by atoms with van der Waals surface area (Å²) in [7, 11) is 0. The summed E-state index contributed by atoms with van der Waals surface area (Å²) in [5.74, 6) is 0.804. The largest absolute Gasteiger partial charge is 0.333 e. The zero-order chi connectivity index (χ0) is 14.1. The number of rotatable bonds is 3. The van der Waals surface area contributed by atoms with E-state index in [2.05, 4.69) is 30.4 Å². The summed E-state index contributed by atoms with van der Waals surface area (Å²) in [6.45, 7) is 3.07. The molecule has 3 rings (SSSR count). The Balaban J connectivity index is 1.87. The second kappa shape index (κ2) is 5.63. The Bertz CT molecular complexity index is 613. The van der Waals surface area contributed by atoms with E-state index in [1.165, 1.54) is 12.1 Å². The lowest BCUT2D eigenvalue weighted by Crippen LogP contribution is -2.39. The van der Waals surface area contributed by atoms with Gasteiger partial charge < -0.3 is 10.3 Å². The molecule has 1 aromatic heterocycles. The topological polar surface area (TPSA) is 47.1 Å². The summed E-state index contributed by atoms with van der Waals surface area (Å²) in [6, 6.07) is 4.84. The molecule has 1 unspecified atom stereocenters. The molecule has 0 fully saturated rings. The first-order chi connectivity index (χ1) is 9.69. The van der Waals surface area contributed by atoms with Gasteiger partial charge in [0.1, 0.15) is 11.6 Å². The number of benzene rings is 1. The number of aromatic nitrogens is 2. The lowest BCUT2D eigenvalue weighted by molar-refractivity contribution is 0.156. The first-order valence-electron chi connectivity index (χ1n) is 6.58. The van der Waals surface area contributed by atoms with E-state index in [0.29, 0.717) is 6.54 Å². The fraction of sp³-hybridized carbons (Fsp3) is 0.357. The molecule has 0 aliphatic carbocycles. The fourth-order valence-electron chi connectivity index (χ4n) is 2.70. The maximum atomic E-state index is 13.2. The smallest absolute Gasteiger partial charge is 0.124 e. The summed E-state index contributed by atoms with van der Waals surface area (Å²) in [5, 5.41) is 0. The number of nitrogens with two attached hydrogens (primary N) is 1. The molecule has 0 spiro atoms. The summed E-state index contributed by atoms with van der Waals surface area (Å²) in [6.07, 6.45) is 3.82. The third-order valence-corrected chi connectivity index (χ3v) is 4.45. The minimum atomic E-state index is -0.245. The molecule has 2 aromatic rings. The Morgan fingerprint density at radius 3 is 3.00 bits per heavy atom. The van der Waals surface area contributed by atoms with E-state index in [1.54, 1.807) is 6.07 Å². The zero-order valence-corrected chi connectivity index (χ0v) is 12.6. The number of hydrogen-bond donors (Lipinski definition) is 1. The second-order valence-electron chi connectivity index (χ2n) is 4.92. The van der Waals surface area contributed by atoms with Crippen molar-refractivity contribution in [2.75, 3.05) is 13.1 Å². The quantitative estimate of drug-likeness (QED) is 0.934. The van der Waals surface area contributed by atoms with E-state index in [0.717, 1.165) is 35.5 Å². The van der Waals surface area contributed by atoms with Gasteiger partial charge in [-0.1, -0.05) is 22.0 Å². The molecule has 106 valence electrons. The van der Waals surface area contributed by atoms with Crippen molar-refractivity contribution >= 4 is 15.9 Å². The van der Waals surface area contributed by atoms with E-state index in [4.69, 9.17) is 5.73 Å². The monoisotopic (exact) mass is 338 g/mol. The first-order valence-corrected chi connectivity index (χ1v) is 7.37. The van der Waals surface area contributed by atoms with Gasteiger partial charge >= 0.3 is 0 Å². The predicted octanol–water partition coefficient (Wildman–Crippen LogP) is 2.30. The number of fused-ring (bicyclic) bond motifs is 1. The molecule has 0 radical (unpaired) electrons. The molecule has 6 heteroatoms. The predicted molar refractivity (Wildman–Crippen MR) is 78.5 cm³/mol. The van der Waals surface area contributed by atoms with Gasteiger partial charge in [0, 0.05) is 42.5 Å². The highest BCUT2D eigenvalue weighted by Crippen LogP contribution is 2.30. The molecule has 1 aliphatic rings. The van der Waals surface area contributed by atoms with E-state index < -0.39 is 0 Å². The van der Waals surface area contributed by atoms with Gasteiger partial charge in [-0.15, -0.1) is 0 Å². The molecule has 1 aromatic carbocycles. The van der Waals surface area contributed by atoms with Crippen LogP contribution >= 0.6 is 15.9 Å². The third-order valence-electron chi connectivity index (χ3n) is 3.76. The van der Waals surface area contributed by atoms with Crippen LogP contribution in [0.15, 0.2) is 35.1 Å². The number of imidazole rings is 1. The average Bonchev–Trinajstić information content (AvgIpc) is 2.89. The van der Waals surface area contributed by atoms with Crippen LogP contribution in [0.3, 0.4) is 0 Å². The molecule has 0 saturated heterocycles. The molecule has 1 aliphatic heterocycles. The molecule has 1 atom stereocenters. The van der Waals surface area contributed by atoms with Gasteiger partial charge in [0.05, 0.1) is 6.54 Å². The van der Waals surface area contributed by atoms with E-state index in [9.17, 15) is 4.39 Å². The normalized spacial score (nSPS) is 16.9. The van der Waals surface area contributed by atoms with Crippen LogP contribution in [0.2, 0.25) is 0 Å². The zero-order valence-electron chi connectivity index (χ0n) is 11.0. The van der Waals surface area contributed by atoms with Crippen molar-refractivity contribution in [1.29, 1.82) is 0 Å². The van der Waals surface area contributed by atoms with Gasteiger partial charge in [-0.25, -0.2) is 9.37 Å². The molecular weight excluding hydrogens is 323 g/mol. The Morgan fingerprint density at radius 2 is 2.25 bits per heavy atom. The Kier molecular flexibility index (Phi) is 3.87. The van der Waals surface area contributed by atoms with E-state index in [-0.39, 0.29) is 11.9 Å². The van der Waals surface area contributed by atoms with Gasteiger partial charge in [-0.05, 0) is 17.7 Å². The van der Waals surface area contributed by atoms with Crippen molar-refractivity contribution < 1.29 is 4.39 Å². The Hall–Kier alpha value is -1.24. The highest BCUT2D eigenvalue weighted by atomic mass is 79.9. The summed E-state index contributed by atoms with van der Waals surface area (Å²) < 4.78 is 16.1. The summed E-state index contributed by atoms with van der Waals surface area (Å²) in [4.78, 5) is 6.65. The van der Waals surface area contributed by atoms with E-state index >= 15 is 0 Å². The van der Waals surface area contributed by atoms with Gasteiger partial charge in [0.2, 0.25) is 0 Å². The molecular formula is C14H16BrFN4. The maximum Gasteiger partial charge on any atom is 0.124 e. The molecule has 20 heavy (non-hydrogen) atoms. The molecule has 0 bridgehead atoms. The van der Waals surface area contributed by atoms with Crippen LogP contribution < -0.4 is 5.73 Å². The minimum absolute atomic E-state index is 0.0652. The van der Waals surface area contributed by atoms with Crippen molar-refractivity contribution in [2.45, 2.75) is 19.1 Å². The van der Waals surface area contributed by atoms with Crippen molar-refractivity contribution in [3.8, 4) is 0 Å². The number of nitrogens with zero attached hydrogens (tertiary/aromatic N) is 3. The highest BCUT2D eigenvalue weighted by Gasteiger charge is 2.25. The summed E-state index contributed by atoms with van der Waals surface area (Å²) in [5.41, 5.74) is 6.98. The van der Waals surface area contributed by atoms with Crippen LogP contribution in [0.1, 0.15) is 17.4 Å². The average molecular weight is 339 g/mol. The van der Waals surface area contributed by atoms with E-state index in [1.807, 2.05) is 12.4 Å². The van der Waals surface area contributed by atoms with Crippen molar-refractivity contribution in [2.24, 2.45) is 5.73 Å². The lowest BCUT2D eigenvalue weighted by atomic mass is 10.0. The van der Waals surface area contributed by atoms with Crippen LogP contribution in [0, 0.1) is 5.82 Å². The van der Waals surface area contributed by atoms with Gasteiger partial charge in [-0.3, -0.25) is 4.90 Å². The summed E-state index contributed by atoms with van der Waals surface area (Å²) >= 11 is 3.44. The fourth-order valence-corrected chi connectivity index (χ4v) is 3.32. The Labute approximate surface area is 125 Å². The van der Waals surface area contributed by atoms with Crippen LogP contribution in [-0.2, 0) is 13.1 Å². The van der Waals surface area contributed by atoms with Gasteiger partial charge in [0.25, 0.3) is 0 Å². The van der Waals surface area contributed by atoms with Crippen molar-refractivity contribution in [1.82, 2.24) is 14.5 Å². The van der Waals surface area contributed by atoms with Gasteiger partial charge in [0.15, 0.2) is 0 Å². The second-order valence-corrected chi connectivity index (χ2v) is 5.78. The van der Waals surface area contributed by atoms with Crippen LogP contribution in [0.25, 0.3) is 0 Å². The number of hydrogen-bond acceptors (Lipinski definition) is 3. The molecule has 0 amide bonds. The minimum Gasteiger partial charge on any atom is -0.333 e. The lowest BCUT2D eigenvalue weighted by Gasteiger charge is -2.34. The SMILES string of the molecule is NCC(c1ccc(F)cc1Br)N1CCn2ccnc2C1. The number of halogens is 2. The van der Waals surface area contributed by atoms with Gasteiger partial charge in [-0.2, -0.15) is 0 Å². The van der Waals surface area contributed by atoms with Crippen molar-refractivity contribution in [3.05, 3.63) is 52.3 Å². The first kappa shape index (κ1) is 13.7. The van der Waals surface area contributed by atoms with Crippen LogP contribution in [0.5, 0.6) is 0 Å². The molecule has 0 saturated carbocycles. The maximum absolute atomic E-state index is 13.2. The standard InChI is InChI=1S/C14H16BrFN4/c15-12-7-10(16)1-2-11(12)13(8-17)20-6-5-19-4-3-18-14(19)9-20/h1-4,7,13H,5-6,8-9,17H2. The molecule has 2 heterocycles. The van der Waals surface area contributed by atoms with Crippen LogP contribution in [-0.4, -0.2) is 27.5 Å². The third kappa shape index (κ3) is 2.51. The Morgan fingerprint density at radius 1 is 1.40 bits per heavy atom. The highest BCUT2D eigenvalue weighted by molar-refractivity contribution is 9.10.